The molecule has 1 unspecified atom stereocenters. The summed E-state index contributed by atoms with van der Waals surface area (Å²) in [5.74, 6) is -0.881. The summed E-state index contributed by atoms with van der Waals surface area (Å²) in [6.45, 7) is 2.06. The summed E-state index contributed by atoms with van der Waals surface area (Å²) in [5.41, 5.74) is 2.30. The van der Waals surface area contributed by atoms with Crippen LogP contribution in [0.1, 0.15) is 23.6 Å². The summed E-state index contributed by atoms with van der Waals surface area (Å²) >= 11 is 12.1. The Hall–Kier alpha value is -2.89. The van der Waals surface area contributed by atoms with E-state index in [2.05, 4.69) is 5.32 Å². The van der Waals surface area contributed by atoms with Crippen molar-refractivity contribution >= 4 is 35.0 Å². The molecule has 166 valence electrons. The van der Waals surface area contributed by atoms with Gasteiger partial charge in [-0.2, -0.15) is 0 Å². The average Bonchev–Trinajstić information content (AvgIpc) is 2.78. The number of carbonyl (C=O) groups excluding carboxylic acids is 2. The first-order valence-corrected chi connectivity index (χ1v) is 10.9. The van der Waals surface area contributed by atoms with Crippen LogP contribution in [0.25, 0.3) is 0 Å². The van der Waals surface area contributed by atoms with Gasteiger partial charge in [0.2, 0.25) is 11.8 Å². The van der Waals surface area contributed by atoms with Crippen LogP contribution in [0.4, 0.5) is 4.39 Å². The van der Waals surface area contributed by atoms with Crippen molar-refractivity contribution in [2.75, 3.05) is 0 Å². The normalized spacial score (nSPS) is 11.6. The molecule has 7 heteroatoms. The minimum atomic E-state index is -0.748. The molecule has 0 bridgehead atoms. The minimum absolute atomic E-state index is 0.155. The van der Waals surface area contributed by atoms with Crippen molar-refractivity contribution in [1.82, 2.24) is 10.2 Å². The fraction of sp³-hybridized carbons (Fsp3) is 0.200. The molecule has 0 aromatic heterocycles. The lowest BCUT2D eigenvalue weighted by molar-refractivity contribution is -0.140. The monoisotopic (exact) mass is 472 g/mol. The van der Waals surface area contributed by atoms with Crippen LogP contribution in [0.2, 0.25) is 10.0 Å². The highest BCUT2D eigenvalue weighted by Crippen LogP contribution is 2.21. The molecular formula is C25H23Cl2FN2O2. The van der Waals surface area contributed by atoms with Crippen LogP contribution in [0.5, 0.6) is 0 Å². The quantitative estimate of drug-likeness (QED) is 0.476. The van der Waals surface area contributed by atoms with E-state index in [-0.39, 0.29) is 37.1 Å². The van der Waals surface area contributed by atoms with Crippen LogP contribution in [-0.4, -0.2) is 22.8 Å². The Balaban J connectivity index is 1.74. The number of benzene rings is 3. The molecule has 1 atom stereocenters. The van der Waals surface area contributed by atoms with Crippen molar-refractivity contribution < 1.29 is 14.0 Å². The third-order valence-corrected chi connectivity index (χ3v) is 5.69. The maximum Gasteiger partial charge on any atom is 0.242 e. The summed E-state index contributed by atoms with van der Waals surface area (Å²) < 4.78 is 13.3. The molecule has 0 heterocycles. The number of amides is 2. The van der Waals surface area contributed by atoms with Gasteiger partial charge in [-0.25, -0.2) is 4.39 Å². The smallest absolute Gasteiger partial charge is 0.242 e. The maximum atomic E-state index is 13.3. The third kappa shape index (κ3) is 6.55. The van der Waals surface area contributed by atoms with E-state index >= 15 is 0 Å². The zero-order valence-electron chi connectivity index (χ0n) is 17.5. The van der Waals surface area contributed by atoms with Crippen LogP contribution in [0, 0.1) is 5.82 Å². The summed E-state index contributed by atoms with van der Waals surface area (Å²) in [4.78, 5) is 27.5. The highest BCUT2D eigenvalue weighted by Gasteiger charge is 2.26. The second-order valence-corrected chi connectivity index (χ2v) is 8.28. The van der Waals surface area contributed by atoms with Gasteiger partial charge in [0, 0.05) is 23.1 Å². The number of nitrogens with one attached hydrogen (secondary N) is 1. The summed E-state index contributed by atoms with van der Waals surface area (Å²) in [5, 5.41) is 3.79. The number of nitrogens with zero attached hydrogens (tertiary/aromatic N) is 1. The molecule has 0 aliphatic heterocycles. The van der Waals surface area contributed by atoms with E-state index in [9.17, 15) is 14.0 Å². The van der Waals surface area contributed by atoms with Crippen molar-refractivity contribution in [1.29, 1.82) is 0 Å². The van der Waals surface area contributed by atoms with Gasteiger partial charge in [-0.05, 0) is 47.9 Å². The first kappa shape index (κ1) is 23.8. The second kappa shape index (κ2) is 11.1. The van der Waals surface area contributed by atoms with Gasteiger partial charge >= 0.3 is 0 Å². The number of hydrogen-bond acceptors (Lipinski definition) is 2. The van der Waals surface area contributed by atoms with Gasteiger partial charge in [-0.3, -0.25) is 9.59 Å². The van der Waals surface area contributed by atoms with Gasteiger partial charge in [-0.15, -0.1) is 0 Å². The van der Waals surface area contributed by atoms with E-state index in [4.69, 9.17) is 23.2 Å². The van der Waals surface area contributed by atoms with Crippen molar-refractivity contribution in [3.8, 4) is 0 Å². The lowest BCUT2D eigenvalue weighted by atomic mass is 10.1. The van der Waals surface area contributed by atoms with Crippen molar-refractivity contribution in [2.24, 2.45) is 0 Å². The molecule has 0 radical (unpaired) electrons. The maximum absolute atomic E-state index is 13.3. The Kier molecular flexibility index (Phi) is 8.26. The summed E-state index contributed by atoms with van der Waals surface area (Å²) in [6.07, 6.45) is 0.155. The van der Waals surface area contributed by atoms with Crippen molar-refractivity contribution in [3.63, 3.8) is 0 Å². The summed E-state index contributed by atoms with van der Waals surface area (Å²) in [6, 6.07) is 19.5. The lowest BCUT2D eigenvalue weighted by Gasteiger charge is -2.29. The number of hydrogen-bond donors (Lipinski definition) is 1. The molecule has 3 aromatic rings. The van der Waals surface area contributed by atoms with Crippen molar-refractivity contribution in [2.45, 2.75) is 32.5 Å². The molecule has 0 saturated carbocycles. The molecule has 32 heavy (non-hydrogen) atoms. The highest BCUT2D eigenvalue weighted by molar-refractivity contribution is 6.35. The van der Waals surface area contributed by atoms with E-state index in [1.54, 1.807) is 37.3 Å². The first-order chi connectivity index (χ1) is 15.3. The van der Waals surface area contributed by atoms with Gasteiger partial charge in [0.05, 0.1) is 6.42 Å². The molecule has 1 N–H and O–H groups in total. The Morgan fingerprint density at radius 2 is 1.66 bits per heavy atom. The molecule has 3 rings (SSSR count). The first-order valence-electron chi connectivity index (χ1n) is 10.1. The largest absolute Gasteiger partial charge is 0.350 e. The number of halogens is 3. The van der Waals surface area contributed by atoms with Gasteiger partial charge in [0.25, 0.3) is 0 Å². The van der Waals surface area contributed by atoms with Gasteiger partial charge in [0.15, 0.2) is 0 Å². The topological polar surface area (TPSA) is 49.4 Å². The molecule has 0 saturated heterocycles. The van der Waals surface area contributed by atoms with Gasteiger partial charge in [0.1, 0.15) is 11.9 Å². The lowest BCUT2D eigenvalue weighted by Crippen LogP contribution is -2.48. The van der Waals surface area contributed by atoms with Crippen LogP contribution in [0.15, 0.2) is 72.8 Å². The van der Waals surface area contributed by atoms with Gasteiger partial charge in [-0.1, -0.05) is 71.7 Å². The summed E-state index contributed by atoms with van der Waals surface area (Å²) in [7, 11) is 0. The molecule has 0 spiro atoms. The molecule has 0 aliphatic carbocycles. The molecule has 0 aliphatic rings. The van der Waals surface area contributed by atoms with E-state index in [1.165, 1.54) is 17.0 Å². The van der Waals surface area contributed by atoms with E-state index < -0.39 is 6.04 Å². The Morgan fingerprint density at radius 1 is 0.969 bits per heavy atom. The fourth-order valence-electron chi connectivity index (χ4n) is 3.24. The molecule has 4 nitrogen and oxygen atoms in total. The zero-order chi connectivity index (χ0) is 23.1. The Morgan fingerprint density at radius 3 is 2.31 bits per heavy atom. The predicted octanol–water partition coefficient (Wildman–Crippen LogP) is 5.41. The SMILES string of the molecule is CC(C(=O)NCc1ccc(Cl)cc1Cl)N(Cc1ccc(F)cc1)C(=O)Cc1ccccc1. The second-order valence-electron chi connectivity index (χ2n) is 7.44. The highest BCUT2D eigenvalue weighted by atomic mass is 35.5. The molecule has 3 aromatic carbocycles. The third-order valence-electron chi connectivity index (χ3n) is 5.10. The van der Waals surface area contributed by atoms with Crippen molar-refractivity contribution in [3.05, 3.63) is 105 Å². The zero-order valence-corrected chi connectivity index (χ0v) is 19.0. The minimum Gasteiger partial charge on any atom is -0.350 e. The molecular weight excluding hydrogens is 450 g/mol. The van der Waals surface area contributed by atoms with Crippen LogP contribution in [-0.2, 0) is 29.1 Å². The van der Waals surface area contributed by atoms with E-state index in [1.807, 2.05) is 30.3 Å². The van der Waals surface area contributed by atoms with E-state index in [0.717, 1.165) is 16.7 Å². The van der Waals surface area contributed by atoms with Gasteiger partial charge < -0.3 is 10.2 Å². The average molecular weight is 473 g/mol. The fourth-order valence-corrected chi connectivity index (χ4v) is 3.71. The predicted molar refractivity (Wildman–Crippen MR) is 125 cm³/mol. The molecule has 0 fully saturated rings. The van der Waals surface area contributed by atoms with E-state index in [0.29, 0.717) is 10.0 Å². The Bertz CT molecular complexity index is 1080. The number of carbonyl (C=O) groups is 2. The Labute approximate surface area is 197 Å². The van der Waals surface area contributed by atoms with Crippen LogP contribution < -0.4 is 5.32 Å². The van der Waals surface area contributed by atoms with Crippen LogP contribution >= 0.6 is 23.2 Å². The number of rotatable bonds is 8. The standard InChI is InChI=1S/C25H23Cl2FN2O2/c1-17(25(32)29-15-20-9-10-21(26)14-23(20)27)30(16-19-7-11-22(28)12-8-19)24(31)13-18-5-3-2-4-6-18/h2-12,14,17H,13,15-16H2,1H3,(H,29,32). The molecule has 2 amide bonds. The van der Waals surface area contributed by atoms with Crippen LogP contribution in [0.3, 0.4) is 0 Å².